The molecule has 1 unspecified atom stereocenters. The Morgan fingerprint density at radius 3 is 3.00 bits per heavy atom. The number of H-pyrrole nitrogens is 1. The lowest BCUT2D eigenvalue weighted by molar-refractivity contribution is -0.120. The first-order valence-corrected chi connectivity index (χ1v) is 9.38. The van der Waals surface area contributed by atoms with Gasteiger partial charge in [-0.1, -0.05) is 29.8 Å². The molecule has 1 amide bonds. The maximum absolute atomic E-state index is 12.4. The number of imidazole rings is 1. The summed E-state index contributed by atoms with van der Waals surface area (Å²) in [4.78, 5) is 28.0. The van der Waals surface area contributed by atoms with Crippen molar-refractivity contribution >= 4 is 34.5 Å². The summed E-state index contributed by atoms with van der Waals surface area (Å²) in [6.45, 7) is 2.17. The van der Waals surface area contributed by atoms with Crippen LogP contribution in [0.1, 0.15) is 29.3 Å². The van der Waals surface area contributed by atoms with Gasteiger partial charge >= 0.3 is 0 Å². The monoisotopic (exact) mass is 409 g/mol. The molecule has 3 aromatic heterocycles. The summed E-state index contributed by atoms with van der Waals surface area (Å²) in [5.74, 6) is 0.888. The van der Waals surface area contributed by atoms with E-state index in [2.05, 4.69) is 30.4 Å². The number of hydrogen-bond acceptors (Lipinski definition) is 6. The zero-order valence-corrected chi connectivity index (χ0v) is 16.1. The molecule has 29 heavy (non-hydrogen) atoms. The van der Waals surface area contributed by atoms with Crippen LogP contribution in [0.25, 0.3) is 17.0 Å². The first-order chi connectivity index (χ1) is 14.1. The summed E-state index contributed by atoms with van der Waals surface area (Å²) in [6, 6.07) is 7.48. The largest absolute Gasteiger partial charge is 0.368 e. The molecule has 9 nitrogen and oxygen atoms in total. The van der Waals surface area contributed by atoms with Crippen molar-refractivity contribution in [2.75, 3.05) is 5.32 Å². The Morgan fingerprint density at radius 2 is 2.14 bits per heavy atom. The molecule has 1 aliphatic heterocycles. The summed E-state index contributed by atoms with van der Waals surface area (Å²) in [5, 5.41) is 8.14. The Kier molecular flexibility index (Phi) is 4.26. The van der Waals surface area contributed by atoms with E-state index in [1.54, 1.807) is 11.0 Å². The fraction of sp³-hybridized carbons (Fsp3) is 0.211. The lowest BCUT2D eigenvalue weighted by atomic mass is 10.0. The van der Waals surface area contributed by atoms with E-state index in [4.69, 9.17) is 16.3 Å². The molecule has 5 rings (SSSR count). The molecule has 1 aromatic carbocycles. The Hall–Kier alpha value is -3.30. The van der Waals surface area contributed by atoms with E-state index in [9.17, 15) is 4.79 Å². The Balaban J connectivity index is 1.54. The normalized spacial score (nSPS) is 16.1. The third-order valence-electron chi connectivity index (χ3n) is 4.86. The van der Waals surface area contributed by atoms with Gasteiger partial charge in [-0.25, -0.2) is 15.0 Å². The number of rotatable bonds is 4. The topological polar surface area (TPSA) is 111 Å². The number of fused-ring (bicyclic) bond motifs is 2. The molecule has 1 atom stereocenters. The SMILES string of the molecule is Cc1nn(-c2ncnc3nc[nH]c23)c2c1C(OCc1ccccc1Cl)CC(=O)N2. The number of nitrogens with one attached hydrogen (secondary N) is 2. The average molecular weight is 410 g/mol. The minimum Gasteiger partial charge on any atom is -0.368 e. The van der Waals surface area contributed by atoms with Crippen molar-refractivity contribution in [1.29, 1.82) is 0 Å². The van der Waals surface area contributed by atoms with Gasteiger partial charge in [-0.2, -0.15) is 9.78 Å². The molecule has 146 valence electrons. The van der Waals surface area contributed by atoms with Crippen LogP contribution in [0, 0.1) is 6.92 Å². The van der Waals surface area contributed by atoms with E-state index in [-0.39, 0.29) is 12.3 Å². The van der Waals surface area contributed by atoms with E-state index in [0.717, 1.165) is 16.8 Å². The fourth-order valence-corrected chi connectivity index (χ4v) is 3.70. The summed E-state index contributed by atoms with van der Waals surface area (Å²) < 4.78 is 7.69. The van der Waals surface area contributed by atoms with E-state index in [0.29, 0.717) is 34.4 Å². The number of halogens is 1. The molecule has 0 radical (unpaired) electrons. The van der Waals surface area contributed by atoms with Crippen LogP contribution in [0.15, 0.2) is 36.9 Å². The lowest BCUT2D eigenvalue weighted by Crippen LogP contribution is -2.26. The van der Waals surface area contributed by atoms with Crippen LogP contribution in [0.5, 0.6) is 0 Å². The molecule has 1 aliphatic rings. The van der Waals surface area contributed by atoms with Crippen LogP contribution >= 0.6 is 11.6 Å². The van der Waals surface area contributed by atoms with Gasteiger partial charge in [0.05, 0.1) is 31.2 Å². The van der Waals surface area contributed by atoms with Crippen LogP contribution in [-0.4, -0.2) is 35.6 Å². The number of anilines is 1. The molecule has 0 saturated heterocycles. The standard InChI is InChI=1S/C19H16ClN7O2/c1-10-15-13(29-7-11-4-2-3-5-12(11)20)6-14(28)25-18(15)27(26-10)19-16-17(22-8-21-16)23-9-24-19/h2-5,8-9,13H,6-7H2,1H3,(H,25,28)(H,21,22,23,24). The van der Waals surface area contributed by atoms with Crippen molar-refractivity contribution < 1.29 is 9.53 Å². The summed E-state index contributed by atoms with van der Waals surface area (Å²) >= 11 is 6.23. The number of nitrogens with zero attached hydrogens (tertiary/aromatic N) is 5. The van der Waals surface area contributed by atoms with Crippen LogP contribution < -0.4 is 5.32 Å². The Bertz CT molecular complexity index is 1230. The number of aromatic amines is 1. The molecule has 0 bridgehead atoms. The van der Waals surface area contributed by atoms with E-state index >= 15 is 0 Å². The molecule has 0 spiro atoms. The first-order valence-electron chi connectivity index (χ1n) is 9.00. The minimum atomic E-state index is -0.442. The first kappa shape index (κ1) is 17.8. The number of aryl methyl sites for hydroxylation is 1. The molecule has 0 aliphatic carbocycles. The highest BCUT2D eigenvalue weighted by Crippen LogP contribution is 2.38. The number of ether oxygens (including phenoxy) is 1. The third kappa shape index (κ3) is 3.04. The molecule has 4 heterocycles. The number of hydrogen-bond donors (Lipinski definition) is 2. The molecule has 0 saturated carbocycles. The maximum Gasteiger partial charge on any atom is 0.228 e. The zero-order valence-electron chi connectivity index (χ0n) is 15.4. The second-order valence-corrected chi connectivity index (χ2v) is 7.11. The van der Waals surface area contributed by atoms with Gasteiger partial charge in [-0.05, 0) is 18.6 Å². The Labute approximate surface area is 170 Å². The van der Waals surface area contributed by atoms with Crippen molar-refractivity contribution in [3.63, 3.8) is 0 Å². The van der Waals surface area contributed by atoms with Gasteiger partial charge < -0.3 is 15.0 Å². The van der Waals surface area contributed by atoms with Crippen molar-refractivity contribution in [2.24, 2.45) is 0 Å². The highest BCUT2D eigenvalue weighted by Gasteiger charge is 2.33. The average Bonchev–Trinajstić information content (AvgIpc) is 3.31. The number of carbonyl (C=O) groups is 1. The number of benzene rings is 1. The molecule has 0 fully saturated rings. The molecular formula is C19H16ClN7O2. The van der Waals surface area contributed by atoms with Crippen molar-refractivity contribution in [1.82, 2.24) is 29.7 Å². The third-order valence-corrected chi connectivity index (χ3v) is 5.23. The number of amides is 1. The van der Waals surface area contributed by atoms with Gasteiger partial charge in [0.2, 0.25) is 5.91 Å². The highest BCUT2D eigenvalue weighted by molar-refractivity contribution is 6.31. The van der Waals surface area contributed by atoms with Gasteiger partial charge in [-0.3, -0.25) is 4.79 Å². The van der Waals surface area contributed by atoms with Gasteiger partial charge in [0.1, 0.15) is 17.7 Å². The summed E-state index contributed by atoms with van der Waals surface area (Å²) in [6.07, 6.45) is 2.72. The van der Waals surface area contributed by atoms with Crippen LogP contribution in [0.4, 0.5) is 5.82 Å². The molecule has 2 N–H and O–H groups in total. The summed E-state index contributed by atoms with van der Waals surface area (Å²) in [7, 11) is 0. The quantitative estimate of drug-likeness (QED) is 0.535. The van der Waals surface area contributed by atoms with E-state index in [1.807, 2.05) is 31.2 Å². The van der Waals surface area contributed by atoms with Gasteiger partial charge in [0.15, 0.2) is 11.5 Å². The number of carbonyl (C=O) groups excluding carboxylic acids is 1. The second-order valence-electron chi connectivity index (χ2n) is 6.70. The predicted octanol–water partition coefficient (Wildman–Crippen LogP) is 3.10. The Morgan fingerprint density at radius 1 is 1.28 bits per heavy atom. The van der Waals surface area contributed by atoms with Crippen molar-refractivity contribution in [3.8, 4) is 5.82 Å². The van der Waals surface area contributed by atoms with Gasteiger partial charge in [-0.15, -0.1) is 0 Å². The van der Waals surface area contributed by atoms with Gasteiger partial charge in [0.25, 0.3) is 0 Å². The van der Waals surface area contributed by atoms with Crippen molar-refractivity contribution in [2.45, 2.75) is 26.1 Å². The van der Waals surface area contributed by atoms with Crippen LogP contribution in [0.2, 0.25) is 5.02 Å². The van der Waals surface area contributed by atoms with Crippen LogP contribution in [0.3, 0.4) is 0 Å². The molecule has 4 aromatic rings. The van der Waals surface area contributed by atoms with E-state index in [1.165, 1.54) is 6.33 Å². The van der Waals surface area contributed by atoms with Gasteiger partial charge in [0, 0.05) is 10.6 Å². The van der Waals surface area contributed by atoms with E-state index < -0.39 is 6.10 Å². The van der Waals surface area contributed by atoms with Crippen molar-refractivity contribution in [3.05, 3.63) is 58.8 Å². The second kappa shape index (κ2) is 6.94. The molecular weight excluding hydrogens is 394 g/mol. The maximum atomic E-state index is 12.4. The number of aromatic nitrogens is 6. The zero-order chi connectivity index (χ0) is 20.0. The summed E-state index contributed by atoms with van der Waals surface area (Å²) in [5.41, 5.74) is 3.58. The van der Waals surface area contributed by atoms with Crippen LogP contribution in [-0.2, 0) is 16.1 Å². The predicted molar refractivity (Wildman–Crippen MR) is 106 cm³/mol. The smallest absolute Gasteiger partial charge is 0.228 e. The fourth-order valence-electron chi connectivity index (χ4n) is 3.51. The highest BCUT2D eigenvalue weighted by atomic mass is 35.5. The molecule has 10 heteroatoms. The minimum absolute atomic E-state index is 0.155. The lowest BCUT2D eigenvalue weighted by Gasteiger charge is -2.24.